The lowest BCUT2D eigenvalue weighted by molar-refractivity contribution is -0.0957. The van der Waals surface area contributed by atoms with Crippen LogP contribution in [-0.4, -0.2) is 28.5 Å². The zero-order valence-corrected chi connectivity index (χ0v) is 12.6. The van der Waals surface area contributed by atoms with Crippen LogP contribution in [0, 0.1) is 5.41 Å². The van der Waals surface area contributed by atoms with Gasteiger partial charge in [0.25, 0.3) is 0 Å². The molecule has 1 atom stereocenters. The van der Waals surface area contributed by atoms with Crippen molar-refractivity contribution >= 4 is 0 Å². The summed E-state index contributed by atoms with van der Waals surface area (Å²) in [5.74, 6) is 0.833. The molecule has 1 aromatic rings. The molecule has 6 heteroatoms. The first-order valence-corrected chi connectivity index (χ1v) is 7.27. The first-order valence-electron chi connectivity index (χ1n) is 7.27. The zero-order chi connectivity index (χ0) is 14.8. The summed E-state index contributed by atoms with van der Waals surface area (Å²) in [5, 5.41) is 13.1. The van der Waals surface area contributed by atoms with Gasteiger partial charge in [-0.3, -0.25) is 0 Å². The van der Waals surface area contributed by atoms with Gasteiger partial charge >= 0.3 is 0 Å². The summed E-state index contributed by atoms with van der Waals surface area (Å²) in [6.07, 6.45) is 3.87. The Morgan fingerprint density at radius 1 is 1.35 bits per heavy atom. The van der Waals surface area contributed by atoms with Crippen LogP contribution in [0.1, 0.15) is 64.2 Å². The molecule has 0 saturated heterocycles. The van der Waals surface area contributed by atoms with E-state index in [0.717, 1.165) is 25.7 Å². The summed E-state index contributed by atoms with van der Waals surface area (Å²) >= 11 is 0. The minimum atomic E-state index is -0.630. The molecule has 0 aliphatic heterocycles. The molecule has 6 nitrogen and oxygen atoms in total. The second kappa shape index (κ2) is 5.79. The van der Waals surface area contributed by atoms with Crippen LogP contribution >= 0.6 is 0 Å². The number of nitrogens with two attached hydrogens (primary N) is 1. The van der Waals surface area contributed by atoms with E-state index in [0.29, 0.717) is 17.8 Å². The summed E-state index contributed by atoms with van der Waals surface area (Å²) < 4.78 is 11.2. The number of hydrogen-bond acceptors (Lipinski definition) is 6. The largest absolute Gasteiger partial charge is 0.394 e. The third kappa shape index (κ3) is 3.02. The van der Waals surface area contributed by atoms with Gasteiger partial charge in [0.1, 0.15) is 11.6 Å². The molecule has 0 bridgehead atoms. The summed E-state index contributed by atoms with van der Waals surface area (Å²) in [7, 11) is 0. The Morgan fingerprint density at radius 2 is 2.00 bits per heavy atom. The van der Waals surface area contributed by atoms with E-state index in [2.05, 4.69) is 24.0 Å². The highest BCUT2D eigenvalue weighted by Crippen LogP contribution is 2.46. The van der Waals surface area contributed by atoms with Crippen LogP contribution in [0.2, 0.25) is 0 Å². The predicted octanol–water partition coefficient (Wildman–Crippen LogP) is 1.89. The van der Waals surface area contributed by atoms with Crippen molar-refractivity contribution in [1.29, 1.82) is 0 Å². The summed E-state index contributed by atoms with van der Waals surface area (Å²) in [4.78, 5) is 4.36. The number of aliphatic hydroxyl groups excluding tert-OH is 1. The van der Waals surface area contributed by atoms with E-state index in [9.17, 15) is 0 Å². The van der Waals surface area contributed by atoms with Gasteiger partial charge in [0.15, 0.2) is 0 Å². The van der Waals surface area contributed by atoms with Crippen LogP contribution < -0.4 is 5.73 Å². The molecule has 1 aromatic heterocycles. The standard InChI is InChI=1S/C14H25N3O3/c1-4-19-14(7-5-13(2,3)6-8-14)12-16-11(20-17-12)10(15)9-18/h10,18H,4-9,15H2,1-3H3/t10-/m1/s1. The Hall–Kier alpha value is -0.980. The minimum absolute atomic E-state index is 0.212. The Morgan fingerprint density at radius 3 is 2.55 bits per heavy atom. The topological polar surface area (TPSA) is 94.4 Å². The van der Waals surface area contributed by atoms with E-state index >= 15 is 0 Å². The number of rotatable bonds is 5. The quantitative estimate of drug-likeness (QED) is 0.857. The third-order valence-electron chi connectivity index (χ3n) is 4.20. The number of aliphatic hydroxyl groups is 1. The molecule has 0 aromatic carbocycles. The highest BCUT2D eigenvalue weighted by Gasteiger charge is 2.44. The molecule has 1 fully saturated rings. The minimum Gasteiger partial charge on any atom is -0.394 e. The maximum Gasteiger partial charge on any atom is 0.246 e. The summed E-state index contributed by atoms with van der Waals surface area (Å²) in [6, 6.07) is -0.630. The van der Waals surface area contributed by atoms with Crippen molar-refractivity contribution in [2.24, 2.45) is 11.1 Å². The molecule has 2 rings (SSSR count). The third-order valence-corrected chi connectivity index (χ3v) is 4.20. The molecule has 20 heavy (non-hydrogen) atoms. The predicted molar refractivity (Wildman–Crippen MR) is 73.9 cm³/mol. The number of nitrogens with zero attached hydrogens (tertiary/aromatic N) is 2. The van der Waals surface area contributed by atoms with Crippen molar-refractivity contribution in [2.45, 2.75) is 58.1 Å². The molecular formula is C14H25N3O3. The fraction of sp³-hybridized carbons (Fsp3) is 0.857. The lowest BCUT2D eigenvalue weighted by Gasteiger charge is -2.41. The van der Waals surface area contributed by atoms with Gasteiger partial charge in [-0.2, -0.15) is 4.98 Å². The van der Waals surface area contributed by atoms with Gasteiger partial charge in [-0.1, -0.05) is 19.0 Å². The van der Waals surface area contributed by atoms with E-state index in [4.69, 9.17) is 20.1 Å². The fourth-order valence-corrected chi connectivity index (χ4v) is 2.69. The molecule has 3 N–H and O–H groups in total. The maximum absolute atomic E-state index is 9.06. The van der Waals surface area contributed by atoms with Crippen molar-refractivity contribution in [3.05, 3.63) is 11.7 Å². The van der Waals surface area contributed by atoms with Crippen LogP contribution in [-0.2, 0) is 10.3 Å². The molecular weight excluding hydrogens is 258 g/mol. The van der Waals surface area contributed by atoms with Gasteiger partial charge in [-0.25, -0.2) is 0 Å². The highest BCUT2D eigenvalue weighted by molar-refractivity contribution is 5.06. The highest BCUT2D eigenvalue weighted by atomic mass is 16.5. The second-order valence-electron chi connectivity index (χ2n) is 6.34. The zero-order valence-electron chi connectivity index (χ0n) is 12.6. The van der Waals surface area contributed by atoms with Crippen molar-refractivity contribution < 1.29 is 14.4 Å². The smallest absolute Gasteiger partial charge is 0.246 e. The molecule has 0 amide bonds. The monoisotopic (exact) mass is 283 g/mol. The average Bonchev–Trinajstić information content (AvgIpc) is 2.91. The molecule has 1 aliphatic carbocycles. The molecule has 0 radical (unpaired) electrons. The Kier molecular flexibility index (Phi) is 4.46. The van der Waals surface area contributed by atoms with Crippen molar-refractivity contribution in [1.82, 2.24) is 10.1 Å². The van der Waals surface area contributed by atoms with Gasteiger partial charge < -0.3 is 20.1 Å². The molecule has 1 heterocycles. The molecule has 1 aliphatic rings. The van der Waals surface area contributed by atoms with E-state index in [1.54, 1.807) is 0 Å². The van der Waals surface area contributed by atoms with Crippen LogP contribution in [0.25, 0.3) is 0 Å². The van der Waals surface area contributed by atoms with Gasteiger partial charge in [0, 0.05) is 6.61 Å². The first-order chi connectivity index (χ1) is 9.42. The molecule has 1 saturated carbocycles. The lowest BCUT2D eigenvalue weighted by atomic mass is 9.70. The molecule has 0 spiro atoms. The van der Waals surface area contributed by atoms with Crippen molar-refractivity contribution in [2.75, 3.05) is 13.2 Å². The van der Waals surface area contributed by atoms with Crippen molar-refractivity contribution in [3.63, 3.8) is 0 Å². The average molecular weight is 283 g/mol. The van der Waals surface area contributed by atoms with Crippen LogP contribution in [0.5, 0.6) is 0 Å². The van der Waals surface area contributed by atoms with Gasteiger partial charge in [-0.05, 0) is 38.0 Å². The van der Waals surface area contributed by atoms with Crippen molar-refractivity contribution in [3.8, 4) is 0 Å². The van der Waals surface area contributed by atoms with Crippen LogP contribution in [0.15, 0.2) is 4.52 Å². The Balaban J connectivity index is 2.22. The van der Waals surface area contributed by atoms with E-state index in [1.165, 1.54) is 0 Å². The second-order valence-corrected chi connectivity index (χ2v) is 6.34. The van der Waals surface area contributed by atoms with Gasteiger partial charge in [0.05, 0.1) is 6.61 Å². The maximum atomic E-state index is 9.06. The Bertz CT molecular complexity index is 435. The molecule has 0 unspecified atom stereocenters. The van der Waals surface area contributed by atoms with E-state index in [1.807, 2.05) is 6.92 Å². The Labute approximate surface area is 119 Å². The van der Waals surface area contributed by atoms with Crippen LogP contribution in [0.4, 0.5) is 0 Å². The number of ether oxygens (including phenoxy) is 1. The molecule has 114 valence electrons. The fourth-order valence-electron chi connectivity index (χ4n) is 2.69. The van der Waals surface area contributed by atoms with E-state index < -0.39 is 11.6 Å². The van der Waals surface area contributed by atoms with Gasteiger partial charge in [0.2, 0.25) is 11.7 Å². The summed E-state index contributed by atoms with van der Waals surface area (Å²) in [5.41, 5.74) is 5.57. The van der Waals surface area contributed by atoms with Crippen LogP contribution in [0.3, 0.4) is 0 Å². The lowest BCUT2D eigenvalue weighted by Crippen LogP contribution is -2.38. The first kappa shape index (κ1) is 15.4. The number of aromatic nitrogens is 2. The normalized spacial score (nSPS) is 22.6. The summed E-state index contributed by atoms with van der Waals surface area (Å²) in [6.45, 7) is 6.91. The number of hydrogen-bond donors (Lipinski definition) is 2. The SMILES string of the molecule is CCOC1(c2noc([C@H](N)CO)n2)CCC(C)(C)CC1. The van der Waals surface area contributed by atoms with Gasteiger partial charge in [-0.15, -0.1) is 0 Å². The van der Waals surface area contributed by atoms with E-state index in [-0.39, 0.29) is 12.5 Å².